The average molecular weight is 317 g/mol. The number of hydrogen-bond acceptors (Lipinski definition) is 3. The number of nitrogens with zero attached hydrogens (tertiary/aromatic N) is 2. The van der Waals surface area contributed by atoms with E-state index in [-0.39, 0.29) is 11.5 Å². The van der Waals surface area contributed by atoms with Crippen molar-refractivity contribution in [2.45, 2.75) is 6.18 Å². The second-order valence-electron chi connectivity index (χ2n) is 4.20. The molecule has 0 bridgehead atoms. The number of halogens is 5. The van der Waals surface area contributed by atoms with E-state index in [1.54, 1.807) is 0 Å². The van der Waals surface area contributed by atoms with E-state index in [1.807, 2.05) is 0 Å². The molecule has 1 aromatic carbocycles. The van der Waals surface area contributed by atoms with Gasteiger partial charge in [0.1, 0.15) is 22.8 Å². The predicted molar refractivity (Wildman–Crippen MR) is 67.2 cm³/mol. The maximum absolute atomic E-state index is 13.1. The van der Waals surface area contributed by atoms with Crippen LogP contribution in [-0.2, 0) is 6.18 Å². The van der Waals surface area contributed by atoms with E-state index in [4.69, 9.17) is 16.0 Å². The summed E-state index contributed by atoms with van der Waals surface area (Å²) in [6, 6.07) is 5.87. The van der Waals surface area contributed by atoms with Crippen LogP contribution in [0, 0.1) is 5.82 Å². The summed E-state index contributed by atoms with van der Waals surface area (Å²) in [5.74, 6) is -0.433. The lowest BCUT2D eigenvalue weighted by molar-refractivity contribution is -0.141. The van der Waals surface area contributed by atoms with Gasteiger partial charge in [0.15, 0.2) is 5.76 Å². The maximum Gasteiger partial charge on any atom is 0.433 e. The molecule has 2 heterocycles. The standard InChI is InChI=1S/C13H5ClF4N2O/c14-12-19-8(5-11(20-12)13(16,17)18)10-4-6-3-7(15)1-2-9(6)21-10/h1-5H. The van der Waals surface area contributed by atoms with Crippen molar-refractivity contribution in [2.75, 3.05) is 0 Å². The highest BCUT2D eigenvalue weighted by molar-refractivity contribution is 6.28. The van der Waals surface area contributed by atoms with Crippen molar-refractivity contribution in [3.63, 3.8) is 0 Å². The molecule has 0 saturated carbocycles. The highest BCUT2D eigenvalue weighted by atomic mass is 35.5. The fourth-order valence-electron chi connectivity index (χ4n) is 1.83. The normalized spacial score (nSPS) is 12.0. The van der Waals surface area contributed by atoms with Crippen molar-refractivity contribution < 1.29 is 22.0 Å². The lowest BCUT2D eigenvalue weighted by Crippen LogP contribution is -2.09. The van der Waals surface area contributed by atoms with Crippen LogP contribution in [0.25, 0.3) is 22.4 Å². The third-order valence-electron chi connectivity index (χ3n) is 2.72. The van der Waals surface area contributed by atoms with Crippen LogP contribution in [0.3, 0.4) is 0 Å². The molecule has 0 atom stereocenters. The van der Waals surface area contributed by atoms with Crippen molar-refractivity contribution in [3.8, 4) is 11.5 Å². The molecule has 0 aliphatic heterocycles. The summed E-state index contributed by atoms with van der Waals surface area (Å²) in [4.78, 5) is 6.83. The summed E-state index contributed by atoms with van der Waals surface area (Å²) in [7, 11) is 0. The number of alkyl halides is 3. The highest BCUT2D eigenvalue weighted by Gasteiger charge is 2.34. The maximum atomic E-state index is 13.1. The van der Waals surface area contributed by atoms with E-state index in [0.717, 1.165) is 6.07 Å². The number of fused-ring (bicyclic) bond motifs is 1. The Bertz CT molecular complexity index is 829. The molecule has 3 rings (SSSR count). The number of benzene rings is 1. The first kappa shape index (κ1) is 13.8. The van der Waals surface area contributed by atoms with Gasteiger partial charge in [0.25, 0.3) is 0 Å². The molecule has 108 valence electrons. The summed E-state index contributed by atoms with van der Waals surface area (Å²) in [6.45, 7) is 0. The van der Waals surface area contributed by atoms with Crippen LogP contribution in [0.15, 0.2) is 34.7 Å². The van der Waals surface area contributed by atoms with Crippen LogP contribution in [0.2, 0.25) is 5.28 Å². The first-order chi connectivity index (χ1) is 9.83. The molecule has 0 saturated heterocycles. The molecule has 0 aliphatic carbocycles. The van der Waals surface area contributed by atoms with Crippen molar-refractivity contribution >= 4 is 22.6 Å². The molecule has 0 radical (unpaired) electrons. The van der Waals surface area contributed by atoms with Crippen molar-refractivity contribution in [2.24, 2.45) is 0 Å². The molecule has 0 N–H and O–H groups in total. The molecule has 0 aliphatic rings. The number of aromatic nitrogens is 2. The molecular weight excluding hydrogens is 312 g/mol. The van der Waals surface area contributed by atoms with Gasteiger partial charge in [-0.3, -0.25) is 0 Å². The average Bonchev–Trinajstić information content (AvgIpc) is 2.80. The van der Waals surface area contributed by atoms with E-state index < -0.39 is 23.0 Å². The summed E-state index contributed by atoms with van der Waals surface area (Å²) in [6.07, 6.45) is -4.65. The summed E-state index contributed by atoms with van der Waals surface area (Å²) in [5, 5.41) is -0.139. The lowest BCUT2D eigenvalue weighted by Gasteiger charge is -2.06. The molecule has 0 spiro atoms. The van der Waals surface area contributed by atoms with Gasteiger partial charge in [-0.05, 0) is 41.9 Å². The third-order valence-corrected chi connectivity index (χ3v) is 2.89. The van der Waals surface area contributed by atoms with Gasteiger partial charge in [-0.15, -0.1) is 0 Å². The Morgan fingerprint density at radius 3 is 2.52 bits per heavy atom. The first-order valence-corrected chi connectivity index (χ1v) is 6.02. The van der Waals surface area contributed by atoms with E-state index in [0.29, 0.717) is 11.0 Å². The Hall–Kier alpha value is -2.15. The molecule has 0 fully saturated rings. The predicted octanol–water partition coefficient (Wildman–Crippen LogP) is 4.70. The van der Waals surface area contributed by atoms with Gasteiger partial charge >= 0.3 is 6.18 Å². The van der Waals surface area contributed by atoms with E-state index in [2.05, 4.69) is 9.97 Å². The minimum Gasteiger partial charge on any atom is -0.454 e. The molecule has 2 aromatic heterocycles. The van der Waals surface area contributed by atoms with Gasteiger partial charge in [-0.25, -0.2) is 14.4 Å². The molecule has 0 unspecified atom stereocenters. The topological polar surface area (TPSA) is 38.9 Å². The second kappa shape index (κ2) is 4.70. The Balaban J connectivity index is 2.16. The van der Waals surface area contributed by atoms with Gasteiger partial charge in [0.05, 0.1) is 0 Å². The van der Waals surface area contributed by atoms with Crippen LogP contribution in [0.5, 0.6) is 0 Å². The van der Waals surface area contributed by atoms with E-state index in [1.165, 1.54) is 24.3 Å². The van der Waals surface area contributed by atoms with Crippen LogP contribution in [0.4, 0.5) is 17.6 Å². The van der Waals surface area contributed by atoms with E-state index in [9.17, 15) is 17.6 Å². The van der Waals surface area contributed by atoms with Crippen molar-refractivity contribution in [1.29, 1.82) is 0 Å². The Morgan fingerprint density at radius 2 is 1.81 bits per heavy atom. The Labute approximate surface area is 120 Å². The van der Waals surface area contributed by atoms with Gasteiger partial charge in [0, 0.05) is 5.39 Å². The van der Waals surface area contributed by atoms with Crippen LogP contribution in [-0.4, -0.2) is 9.97 Å². The largest absolute Gasteiger partial charge is 0.454 e. The van der Waals surface area contributed by atoms with Crippen LogP contribution >= 0.6 is 11.6 Å². The smallest absolute Gasteiger partial charge is 0.433 e. The summed E-state index contributed by atoms with van der Waals surface area (Å²) >= 11 is 5.51. The molecule has 3 nitrogen and oxygen atoms in total. The van der Waals surface area contributed by atoms with Gasteiger partial charge in [0.2, 0.25) is 5.28 Å². The Kier molecular flexibility index (Phi) is 3.09. The van der Waals surface area contributed by atoms with Crippen molar-refractivity contribution in [3.05, 3.63) is 47.1 Å². The Morgan fingerprint density at radius 1 is 1.05 bits per heavy atom. The van der Waals surface area contributed by atoms with Gasteiger partial charge in [-0.2, -0.15) is 13.2 Å². The lowest BCUT2D eigenvalue weighted by atomic mass is 10.2. The molecule has 3 aromatic rings. The van der Waals surface area contributed by atoms with Crippen LogP contribution in [0.1, 0.15) is 5.69 Å². The van der Waals surface area contributed by atoms with Crippen LogP contribution < -0.4 is 0 Å². The molecular formula is C13H5ClF4N2O. The quantitative estimate of drug-likeness (QED) is 0.482. The van der Waals surface area contributed by atoms with Gasteiger partial charge in [-0.1, -0.05) is 0 Å². The fourth-order valence-corrected chi connectivity index (χ4v) is 2.01. The first-order valence-electron chi connectivity index (χ1n) is 5.64. The van der Waals surface area contributed by atoms with Gasteiger partial charge < -0.3 is 4.42 Å². The second-order valence-corrected chi connectivity index (χ2v) is 4.54. The molecule has 21 heavy (non-hydrogen) atoms. The minimum absolute atomic E-state index is 0.0467. The van der Waals surface area contributed by atoms with E-state index >= 15 is 0 Å². The SMILES string of the molecule is Fc1ccc2oc(-c3cc(C(F)(F)F)nc(Cl)n3)cc2c1. The number of furan rings is 1. The number of rotatable bonds is 1. The fraction of sp³-hybridized carbons (Fsp3) is 0.0769. The zero-order chi connectivity index (χ0) is 15.2. The third kappa shape index (κ3) is 2.69. The zero-order valence-corrected chi connectivity index (χ0v) is 10.8. The monoisotopic (exact) mass is 316 g/mol. The number of hydrogen-bond donors (Lipinski definition) is 0. The molecule has 0 amide bonds. The zero-order valence-electron chi connectivity index (χ0n) is 10.1. The van der Waals surface area contributed by atoms with Crippen molar-refractivity contribution in [1.82, 2.24) is 9.97 Å². The summed E-state index contributed by atoms with van der Waals surface area (Å²) in [5.41, 5.74) is -0.974. The summed E-state index contributed by atoms with van der Waals surface area (Å²) < 4.78 is 56.5. The molecule has 8 heteroatoms. The minimum atomic E-state index is -4.65. The highest BCUT2D eigenvalue weighted by Crippen LogP contribution is 2.33.